The van der Waals surface area contributed by atoms with Crippen LogP contribution in [0.2, 0.25) is 0 Å². The first-order chi connectivity index (χ1) is 14.6. The Balaban J connectivity index is 1.51. The Kier molecular flexibility index (Phi) is 5.39. The number of benzene rings is 3. The molecule has 6 heteroatoms. The van der Waals surface area contributed by atoms with Gasteiger partial charge in [-0.25, -0.2) is 4.39 Å². The average Bonchev–Trinajstić information content (AvgIpc) is 3.07. The molecule has 152 valence electrons. The van der Waals surface area contributed by atoms with Gasteiger partial charge in [-0.15, -0.1) is 0 Å². The van der Waals surface area contributed by atoms with Crippen molar-refractivity contribution in [3.8, 4) is 23.0 Å². The highest BCUT2D eigenvalue weighted by atomic mass is 19.1. The van der Waals surface area contributed by atoms with Gasteiger partial charge < -0.3 is 18.9 Å². The van der Waals surface area contributed by atoms with Gasteiger partial charge in [0.25, 0.3) is 0 Å². The van der Waals surface area contributed by atoms with Gasteiger partial charge in [0, 0.05) is 6.07 Å². The molecule has 1 aliphatic rings. The fraction of sp³-hybridized carbons (Fsp3) is 0.125. The number of hydrogen-bond donors (Lipinski definition) is 0. The van der Waals surface area contributed by atoms with E-state index in [1.54, 1.807) is 62.8 Å². The molecule has 0 N–H and O–H groups in total. The van der Waals surface area contributed by atoms with Gasteiger partial charge in [-0.1, -0.05) is 18.2 Å². The first kappa shape index (κ1) is 19.5. The third-order valence-electron chi connectivity index (χ3n) is 4.67. The normalized spacial score (nSPS) is 13.7. The Morgan fingerprint density at radius 2 is 1.70 bits per heavy atom. The molecule has 1 heterocycles. The molecule has 0 radical (unpaired) electrons. The van der Waals surface area contributed by atoms with Crippen LogP contribution in [0, 0.1) is 5.82 Å². The van der Waals surface area contributed by atoms with Crippen molar-refractivity contribution in [2.24, 2.45) is 0 Å². The second-order valence-corrected chi connectivity index (χ2v) is 6.63. The Hall–Kier alpha value is -3.80. The molecular weight excluding hydrogens is 387 g/mol. The van der Waals surface area contributed by atoms with Gasteiger partial charge in [0.2, 0.25) is 5.78 Å². The quantitative estimate of drug-likeness (QED) is 0.537. The van der Waals surface area contributed by atoms with Crippen LogP contribution in [0.3, 0.4) is 0 Å². The van der Waals surface area contributed by atoms with Crippen molar-refractivity contribution in [3.05, 3.63) is 88.9 Å². The number of rotatable bonds is 6. The Labute approximate surface area is 173 Å². The number of ether oxygens (including phenoxy) is 4. The van der Waals surface area contributed by atoms with E-state index in [-0.39, 0.29) is 24.0 Å². The van der Waals surface area contributed by atoms with Gasteiger partial charge in [-0.2, -0.15) is 0 Å². The molecule has 3 aromatic carbocycles. The van der Waals surface area contributed by atoms with Crippen molar-refractivity contribution >= 4 is 11.9 Å². The fourth-order valence-electron chi connectivity index (χ4n) is 3.10. The first-order valence-corrected chi connectivity index (χ1v) is 9.25. The van der Waals surface area contributed by atoms with E-state index >= 15 is 0 Å². The number of carbonyl (C=O) groups is 1. The van der Waals surface area contributed by atoms with Crippen molar-refractivity contribution in [2.75, 3.05) is 14.2 Å². The number of ketones is 1. The van der Waals surface area contributed by atoms with Crippen molar-refractivity contribution < 1.29 is 28.1 Å². The zero-order valence-corrected chi connectivity index (χ0v) is 16.5. The zero-order chi connectivity index (χ0) is 21.1. The van der Waals surface area contributed by atoms with Crippen LogP contribution in [-0.2, 0) is 6.61 Å². The predicted molar refractivity (Wildman–Crippen MR) is 110 cm³/mol. The predicted octanol–water partition coefficient (Wildman–Crippen LogP) is 5.04. The fourth-order valence-corrected chi connectivity index (χ4v) is 3.10. The maximum Gasteiger partial charge on any atom is 0.231 e. The summed E-state index contributed by atoms with van der Waals surface area (Å²) in [6.45, 7) is 0.279. The summed E-state index contributed by atoms with van der Waals surface area (Å²) in [6.07, 6.45) is 1.66. The van der Waals surface area contributed by atoms with E-state index in [1.807, 2.05) is 6.07 Å². The number of carbonyl (C=O) groups excluding carboxylic acids is 1. The van der Waals surface area contributed by atoms with Gasteiger partial charge >= 0.3 is 0 Å². The van der Waals surface area contributed by atoms with Crippen LogP contribution in [0.25, 0.3) is 6.08 Å². The largest absolute Gasteiger partial charge is 0.493 e. The van der Waals surface area contributed by atoms with Crippen molar-refractivity contribution in [2.45, 2.75) is 6.61 Å². The lowest BCUT2D eigenvalue weighted by molar-refractivity contribution is 0.101. The molecule has 0 unspecified atom stereocenters. The number of halogens is 1. The Morgan fingerprint density at radius 3 is 2.43 bits per heavy atom. The zero-order valence-electron chi connectivity index (χ0n) is 16.5. The standard InChI is InChI=1S/C24H19FO5/c1-27-20-10-5-16(11-22(20)28-2)12-23-24(26)19-9-8-18(13-21(19)30-23)29-14-15-3-6-17(25)7-4-15/h3-13H,14H2,1-2H3. The molecule has 30 heavy (non-hydrogen) atoms. The van der Waals surface area contributed by atoms with E-state index in [1.165, 1.54) is 12.1 Å². The van der Waals surface area contributed by atoms with Crippen molar-refractivity contribution in [3.63, 3.8) is 0 Å². The van der Waals surface area contributed by atoms with E-state index in [9.17, 15) is 9.18 Å². The summed E-state index contributed by atoms with van der Waals surface area (Å²) in [5.74, 6) is 1.87. The summed E-state index contributed by atoms with van der Waals surface area (Å²) in [5, 5.41) is 0. The van der Waals surface area contributed by atoms with Crippen molar-refractivity contribution in [1.29, 1.82) is 0 Å². The number of fused-ring (bicyclic) bond motifs is 1. The molecular formula is C24H19FO5. The van der Waals surface area contributed by atoms with Crippen LogP contribution in [0.4, 0.5) is 4.39 Å². The minimum absolute atomic E-state index is 0.204. The molecule has 0 bridgehead atoms. The Morgan fingerprint density at radius 1 is 0.933 bits per heavy atom. The number of hydrogen-bond acceptors (Lipinski definition) is 5. The van der Waals surface area contributed by atoms with E-state index in [0.717, 1.165) is 11.1 Å². The second-order valence-electron chi connectivity index (χ2n) is 6.63. The molecule has 0 amide bonds. The number of allylic oxidation sites excluding steroid dienone is 1. The SMILES string of the molecule is COc1ccc(C=C2Oc3cc(OCc4ccc(F)cc4)ccc3C2=O)cc1OC. The lowest BCUT2D eigenvalue weighted by atomic mass is 10.1. The van der Waals surface area contributed by atoms with Crippen LogP contribution in [0.5, 0.6) is 23.0 Å². The van der Waals surface area contributed by atoms with Crippen molar-refractivity contribution in [1.82, 2.24) is 0 Å². The highest BCUT2D eigenvalue weighted by Gasteiger charge is 2.27. The molecule has 0 aliphatic carbocycles. The molecule has 4 rings (SSSR count). The van der Waals surface area contributed by atoms with Crippen LogP contribution in [0.15, 0.2) is 66.4 Å². The minimum atomic E-state index is -0.294. The molecule has 0 fully saturated rings. The molecule has 0 saturated carbocycles. The summed E-state index contributed by atoms with van der Waals surface area (Å²) in [4.78, 5) is 12.7. The second kappa shape index (κ2) is 8.29. The number of Topliss-reactive ketones (excluding diaryl/α,β-unsaturated/α-hetero) is 1. The van der Waals surface area contributed by atoms with Gasteiger partial charge in [-0.3, -0.25) is 4.79 Å². The van der Waals surface area contributed by atoms with E-state index < -0.39 is 0 Å². The molecule has 0 aromatic heterocycles. The van der Waals surface area contributed by atoms with Crippen LogP contribution < -0.4 is 18.9 Å². The highest BCUT2D eigenvalue weighted by Crippen LogP contribution is 2.36. The molecule has 1 aliphatic heterocycles. The molecule has 0 saturated heterocycles. The maximum absolute atomic E-state index is 13.0. The average molecular weight is 406 g/mol. The van der Waals surface area contributed by atoms with Crippen LogP contribution in [0.1, 0.15) is 21.5 Å². The van der Waals surface area contributed by atoms with Gasteiger partial charge in [0.15, 0.2) is 17.3 Å². The smallest absolute Gasteiger partial charge is 0.231 e. The van der Waals surface area contributed by atoms with Crippen LogP contribution >= 0.6 is 0 Å². The van der Waals surface area contributed by atoms with E-state index in [2.05, 4.69) is 0 Å². The van der Waals surface area contributed by atoms with E-state index in [0.29, 0.717) is 28.6 Å². The summed E-state index contributed by atoms with van der Waals surface area (Å²) < 4.78 is 35.0. The van der Waals surface area contributed by atoms with Gasteiger partial charge in [0.05, 0.1) is 19.8 Å². The third kappa shape index (κ3) is 3.98. The summed E-state index contributed by atoms with van der Waals surface area (Å²) in [5.41, 5.74) is 2.05. The van der Waals surface area contributed by atoms with Gasteiger partial charge in [0.1, 0.15) is 23.9 Å². The van der Waals surface area contributed by atoms with Crippen LogP contribution in [-0.4, -0.2) is 20.0 Å². The lowest BCUT2D eigenvalue weighted by Crippen LogP contribution is -1.98. The molecule has 0 spiro atoms. The Bertz CT molecular complexity index is 1120. The minimum Gasteiger partial charge on any atom is -0.493 e. The molecule has 0 atom stereocenters. The van der Waals surface area contributed by atoms with E-state index in [4.69, 9.17) is 18.9 Å². The third-order valence-corrected chi connectivity index (χ3v) is 4.67. The summed E-state index contributed by atoms with van der Waals surface area (Å²) in [6, 6.07) is 16.5. The topological polar surface area (TPSA) is 54.0 Å². The summed E-state index contributed by atoms with van der Waals surface area (Å²) in [7, 11) is 3.11. The monoisotopic (exact) mass is 406 g/mol. The highest BCUT2D eigenvalue weighted by molar-refractivity contribution is 6.14. The lowest BCUT2D eigenvalue weighted by Gasteiger charge is -2.08. The first-order valence-electron chi connectivity index (χ1n) is 9.25. The maximum atomic E-state index is 13.0. The summed E-state index contributed by atoms with van der Waals surface area (Å²) >= 11 is 0. The van der Waals surface area contributed by atoms with Gasteiger partial charge in [-0.05, 0) is 53.6 Å². The molecule has 3 aromatic rings. The molecule has 5 nitrogen and oxygen atoms in total. The number of methoxy groups -OCH3 is 2.